The molecule has 0 amide bonds. The first-order valence-electron chi connectivity index (χ1n) is 5.58. The Balaban J connectivity index is 2.01. The molecule has 1 aromatic carbocycles. The van der Waals surface area contributed by atoms with Crippen molar-refractivity contribution >= 4 is 29.0 Å². The van der Waals surface area contributed by atoms with Crippen molar-refractivity contribution in [1.29, 1.82) is 0 Å². The Bertz CT molecular complexity index is 519. The number of rotatable bonds is 2. The minimum atomic E-state index is 0.478. The van der Waals surface area contributed by atoms with Gasteiger partial charge < -0.3 is 10.6 Å². The maximum atomic E-state index is 5.20. The fourth-order valence-electron chi connectivity index (χ4n) is 1.50. The summed E-state index contributed by atoms with van der Waals surface area (Å²) in [6.07, 6.45) is 1.69. The van der Waals surface area contributed by atoms with Crippen LogP contribution in [0.15, 0.2) is 36.5 Å². The van der Waals surface area contributed by atoms with E-state index in [4.69, 9.17) is 12.2 Å². The Morgan fingerprint density at radius 3 is 2.72 bits per heavy atom. The van der Waals surface area contributed by atoms with Gasteiger partial charge >= 0.3 is 0 Å². The second kappa shape index (κ2) is 5.55. The van der Waals surface area contributed by atoms with Gasteiger partial charge in [-0.15, -0.1) is 0 Å². The van der Waals surface area contributed by atoms with E-state index in [0.717, 1.165) is 11.4 Å². The number of anilines is 2. The smallest absolute Gasteiger partial charge is 0.229 e. The van der Waals surface area contributed by atoms with Gasteiger partial charge in [0, 0.05) is 17.6 Å². The third kappa shape index (κ3) is 3.49. The summed E-state index contributed by atoms with van der Waals surface area (Å²) >= 11 is 5.20. The molecule has 0 aliphatic carbocycles. The molecule has 1 heterocycles. The third-order valence-electron chi connectivity index (χ3n) is 2.30. The van der Waals surface area contributed by atoms with Gasteiger partial charge in [-0.05, 0) is 49.8 Å². The Morgan fingerprint density at radius 2 is 2.00 bits per heavy atom. The lowest BCUT2D eigenvalue weighted by Crippen LogP contribution is -2.20. The van der Waals surface area contributed by atoms with Crippen LogP contribution >= 0.6 is 12.2 Å². The van der Waals surface area contributed by atoms with Crippen LogP contribution in [0.2, 0.25) is 0 Å². The molecular formula is C13H14N4S. The highest BCUT2D eigenvalue weighted by atomic mass is 32.1. The molecule has 0 aliphatic heterocycles. The van der Waals surface area contributed by atoms with E-state index in [1.165, 1.54) is 5.56 Å². The maximum Gasteiger partial charge on any atom is 0.229 e. The zero-order chi connectivity index (χ0) is 13.0. The Labute approximate surface area is 111 Å². The molecule has 2 aromatic rings. The van der Waals surface area contributed by atoms with Gasteiger partial charge in [0.1, 0.15) is 0 Å². The number of nitrogens with one attached hydrogen (secondary N) is 2. The quantitative estimate of drug-likeness (QED) is 0.811. The average Bonchev–Trinajstić information content (AvgIpc) is 2.28. The number of thiocarbonyl (C=S) groups is 1. The van der Waals surface area contributed by atoms with Crippen molar-refractivity contribution in [2.24, 2.45) is 0 Å². The van der Waals surface area contributed by atoms with Crippen LogP contribution in [0, 0.1) is 13.8 Å². The molecule has 1 aromatic heterocycles. The molecular weight excluding hydrogens is 244 g/mol. The third-order valence-corrected chi connectivity index (χ3v) is 2.50. The first kappa shape index (κ1) is 12.4. The van der Waals surface area contributed by atoms with E-state index in [9.17, 15) is 0 Å². The zero-order valence-corrected chi connectivity index (χ0v) is 11.1. The van der Waals surface area contributed by atoms with Crippen LogP contribution in [-0.2, 0) is 0 Å². The molecule has 0 aliphatic rings. The molecule has 18 heavy (non-hydrogen) atoms. The van der Waals surface area contributed by atoms with Crippen LogP contribution in [0.5, 0.6) is 0 Å². The van der Waals surface area contributed by atoms with E-state index < -0.39 is 0 Å². The molecule has 0 unspecified atom stereocenters. The SMILES string of the molecule is Cc1cccc(NC(=S)Nc2nccc(C)n2)c1. The molecule has 0 radical (unpaired) electrons. The number of hydrogen-bond acceptors (Lipinski definition) is 3. The van der Waals surface area contributed by atoms with E-state index in [1.807, 2.05) is 44.2 Å². The first-order chi connectivity index (χ1) is 8.63. The average molecular weight is 258 g/mol. The van der Waals surface area contributed by atoms with Crippen LogP contribution < -0.4 is 10.6 Å². The van der Waals surface area contributed by atoms with Gasteiger partial charge in [0.05, 0.1) is 0 Å². The highest BCUT2D eigenvalue weighted by molar-refractivity contribution is 7.80. The number of hydrogen-bond donors (Lipinski definition) is 2. The Hall–Kier alpha value is -2.01. The summed E-state index contributed by atoms with van der Waals surface area (Å²) < 4.78 is 0. The standard InChI is InChI=1S/C13H14N4S/c1-9-4-3-5-11(8-9)16-13(18)17-12-14-7-6-10(2)15-12/h3-8H,1-2H3,(H2,14,15,16,17,18). The summed E-state index contributed by atoms with van der Waals surface area (Å²) in [6, 6.07) is 9.82. The highest BCUT2D eigenvalue weighted by Gasteiger charge is 2.01. The maximum absolute atomic E-state index is 5.20. The van der Waals surface area contributed by atoms with Crippen LogP contribution in [0.3, 0.4) is 0 Å². The minimum Gasteiger partial charge on any atom is -0.332 e. The van der Waals surface area contributed by atoms with Crippen molar-refractivity contribution in [3.05, 3.63) is 47.8 Å². The van der Waals surface area contributed by atoms with E-state index in [1.54, 1.807) is 6.20 Å². The first-order valence-corrected chi connectivity index (χ1v) is 5.98. The fraction of sp³-hybridized carbons (Fsp3) is 0.154. The summed E-state index contributed by atoms with van der Waals surface area (Å²) in [5.74, 6) is 0.500. The van der Waals surface area contributed by atoms with Gasteiger partial charge in [-0.2, -0.15) is 0 Å². The van der Waals surface area contributed by atoms with Gasteiger partial charge in [-0.3, -0.25) is 0 Å². The van der Waals surface area contributed by atoms with Crippen LogP contribution in [0.25, 0.3) is 0 Å². The van der Waals surface area contributed by atoms with Gasteiger partial charge in [0.25, 0.3) is 0 Å². The van der Waals surface area contributed by atoms with E-state index in [0.29, 0.717) is 11.1 Å². The topological polar surface area (TPSA) is 49.8 Å². The second-order valence-electron chi connectivity index (χ2n) is 3.97. The molecule has 0 spiro atoms. The normalized spacial score (nSPS) is 9.89. The van der Waals surface area contributed by atoms with Gasteiger partial charge in [-0.1, -0.05) is 12.1 Å². The molecule has 92 valence electrons. The van der Waals surface area contributed by atoms with E-state index >= 15 is 0 Å². The van der Waals surface area contributed by atoms with Crippen LogP contribution in [0.4, 0.5) is 11.6 Å². The van der Waals surface area contributed by atoms with Gasteiger partial charge in [0.15, 0.2) is 5.11 Å². The van der Waals surface area contributed by atoms with Crippen molar-refractivity contribution in [3.63, 3.8) is 0 Å². The predicted molar refractivity (Wildman–Crippen MR) is 77.8 cm³/mol. The Morgan fingerprint density at radius 1 is 1.17 bits per heavy atom. The van der Waals surface area contributed by atoms with Crippen molar-refractivity contribution < 1.29 is 0 Å². The number of aryl methyl sites for hydroxylation is 2. The minimum absolute atomic E-state index is 0.478. The summed E-state index contributed by atoms with van der Waals surface area (Å²) in [5.41, 5.74) is 3.01. The van der Waals surface area contributed by atoms with Gasteiger partial charge in [-0.25, -0.2) is 9.97 Å². The van der Waals surface area contributed by atoms with E-state index in [2.05, 4.69) is 20.6 Å². The number of benzene rings is 1. The van der Waals surface area contributed by atoms with Crippen molar-refractivity contribution in [2.45, 2.75) is 13.8 Å². The highest BCUT2D eigenvalue weighted by Crippen LogP contribution is 2.10. The van der Waals surface area contributed by atoms with Crippen molar-refractivity contribution in [1.82, 2.24) is 9.97 Å². The lowest BCUT2D eigenvalue weighted by molar-refractivity contribution is 1.11. The largest absolute Gasteiger partial charge is 0.332 e. The summed E-state index contributed by atoms with van der Waals surface area (Å²) in [7, 11) is 0. The lowest BCUT2D eigenvalue weighted by Gasteiger charge is -2.09. The van der Waals surface area contributed by atoms with E-state index in [-0.39, 0.29) is 0 Å². The molecule has 5 heteroatoms. The number of aromatic nitrogens is 2. The molecule has 2 N–H and O–H groups in total. The van der Waals surface area contributed by atoms with Crippen molar-refractivity contribution in [3.8, 4) is 0 Å². The van der Waals surface area contributed by atoms with Crippen molar-refractivity contribution in [2.75, 3.05) is 10.6 Å². The monoisotopic (exact) mass is 258 g/mol. The van der Waals surface area contributed by atoms with Crippen LogP contribution in [-0.4, -0.2) is 15.1 Å². The summed E-state index contributed by atoms with van der Waals surface area (Å²) in [6.45, 7) is 3.94. The summed E-state index contributed by atoms with van der Waals surface area (Å²) in [5, 5.41) is 6.52. The molecule has 0 saturated carbocycles. The molecule has 0 saturated heterocycles. The zero-order valence-electron chi connectivity index (χ0n) is 10.3. The Kier molecular flexibility index (Phi) is 3.84. The molecule has 0 atom stereocenters. The van der Waals surface area contributed by atoms with Crippen LogP contribution in [0.1, 0.15) is 11.3 Å². The molecule has 0 bridgehead atoms. The fourth-order valence-corrected chi connectivity index (χ4v) is 1.70. The molecule has 0 fully saturated rings. The predicted octanol–water partition coefficient (Wildman–Crippen LogP) is 2.90. The lowest BCUT2D eigenvalue weighted by atomic mass is 10.2. The number of nitrogens with zero attached hydrogens (tertiary/aromatic N) is 2. The molecule has 4 nitrogen and oxygen atoms in total. The van der Waals surface area contributed by atoms with Gasteiger partial charge in [0.2, 0.25) is 5.95 Å². The second-order valence-corrected chi connectivity index (χ2v) is 4.38. The summed E-state index contributed by atoms with van der Waals surface area (Å²) in [4.78, 5) is 8.31. The molecule has 2 rings (SSSR count).